The van der Waals surface area contributed by atoms with Gasteiger partial charge in [0.05, 0.1) is 13.2 Å². The molecule has 38 heavy (non-hydrogen) atoms. The molecule has 1 aliphatic heterocycles. The zero-order valence-electron chi connectivity index (χ0n) is 22.6. The Morgan fingerprint density at radius 2 is 2.03 bits per heavy atom. The fourth-order valence-electron chi connectivity index (χ4n) is 7.04. The topological polar surface area (TPSA) is 109 Å². The number of nitrogens with zero attached hydrogens (tertiary/aromatic N) is 1. The first kappa shape index (κ1) is 26.4. The number of aromatic nitrogens is 1. The number of carbonyl (C=O) groups excluding carboxylic acids is 4. The molecule has 0 bridgehead atoms. The van der Waals surface area contributed by atoms with Crippen LogP contribution in [-0.2, 0) is 14.4 Å². The summed E-state index contributed by atoms with van der Waals surface area (Å²) in [6.45, 7) is 4.45. The Bertz CT molecular complexity index is 1240. The summed E-state index contributed by atoms with van der Waals surface area (Å²) in [6, 6.07) is 6.07. The highest BCUT2D eigenvalue weighted by molar-refractivity contribution is 6.02. The lowest BCUT2D eigenvalue weighted by molar-refractivity contribution is -0.132. The molecule has 3 aliphatic rings. The van der Waals surface area contributed by atoms with Crippen LogP contribution < -0.4 is 10.1 Å². The Hall–Kier alpha value is -3.16. The van der Waals surface area contributed by atoms with Gasteiger partial charge in [-0.25, -0.2) is 0 Å². The van der Waals surface area contributed by atoms with E-state index in [1.165, 1.54) is 0 Å². The van der Waals surface area contributed by atoms with E-state index in [0.717, 1.165) is 43.0 Å². The number of likely N-dealkylation sites (tertiary alicyclic amines) is 1. The molecule has 6 unspecified atom stereocenters. The van der Waals surface area contributed by atoms with Gasteiger partial charge < -0.3 is 19.9 Å². The Labute approximate surface area is 223 Å². The quantitative estimate of drug-likeness (QED) is 0.539. The first-order valence-electron chi connectivity index (χ1n) is 14.1. The van der Waals surface area contributed by atoms with E-state index < -0.39 is 12.1 Å². The summed E-state index contributed by atoms with van der Waals surface area (Å²) in [5.74, 6) is 0.889. The average molecular weight is 522 g/mol. The summed E-state index contributed by atoms with van der Waals surface area (Å²) in [5.41, 5.74) is 1.22. The van der Waals surface area contributed by atoms with Crippen molar-refractivity contribution in [2.24, 2.45) is 23.7 Å². The number of benzene rings is 1. The zero-order chi connectivity index (χ0) is 27.0. The van der Waals surface area contributed by atoms with Crippen molar-refractivity contribution in [2.45, 2.75) is 77.3 Å². The van der Waals surface area contributed by atoms with Crippen molar-refractivity contribution in [1.82, 2.24) is 15.2 Å². The lowest BCUT2D eigenvalue weighted by Crippen LogP contribution is -2.53. The van der Waals surface area contributed by atoms with Gasteiger partial charge in [0.15, 0.2) is 5.78 Å². The van der Waals surface area contributed by atoms with Gasteiger partial charge in [-0.1, -0.05) is 26.3 Å². The van der Waals surface area contributed by atoms with Crippen molar-refractivity contribution in [3.63, 3.8) is 0 Å². The molecular weight excluding hydrogens is 482 g/mol. The van der Waals surface area contributed by atoms with Gasteiger partial charge in [0.1, 0.15) is 23.3 Å². The van der Waals surface area contributed by atoms with Crippen molar-refractivity contribution < 1.29 is 23.9 Å². The van der Waals surface area contributed by atoms with E-state index in [-0.39, 0.29) is 47.6 Å². The standard InChI is InChI=1S/C30H39N3O5/c1-4-25(34)23(14-19-13-17(2)11-12-26(19)35)32-29(36)28-20-8-5-7-18(20)16-33(28)30(37)24-15-21-22(31-24)9-6-10-27(21)38-3/h6,9-10,15,17-20,23,28,31H,4-5,7-8,11-14,16H2,1-3H3,(H,32,36). The molecular formula is C30H39N3O5. The number of hydrogen-bond acceptors (Lipinski definition) is 5. The van der Waals surface area contributed by atoms with Gasteiger partial charge in [0, 0.05) is 36.2 Å². The van der Waals surface area contributed by atoms with Crippen molar-refractivity contribution in [1.29, 1.82) is 0 Å². The minimum absolute atomic E-state index is 0.0639. The Morgan fingerprint density at radius 1 is 1.21 bits per heavy atom. The van der Waals surface area contributed by atoms with Gasteiger partial charge in [-0.2, -0.15) is 0 Å². The number of ether oxygens (including phenoxy) is 1. The number of amides is 2. The van der Waals surface area contributed by atoms with Crippen LogP contribution in [0.2, 0.25) is 0 Å². The van der Waals surface area contributed by atoms with Gasteiger partial charge >= 0.3 is 0 Å². The van der Waals surface area contributed by atoms with Crippen LogP contribution in [-0.4, -0.2) is 59.0 Å². The molecule has 1 aromatic carbocycles. The number of hydrogen-bond donors (Lipinski definition) is 2. The SMILES string of the molecule is CCC(=O)C(CC1CC(C)CCC1=O)NC(=O)C1C2CCCC2CN1C(=O)c1cc2c(OC)cccc2[nH]1. The second-order valence-corrected chi connectivity index (χ2v) is 11.5. The van der Waals surface area contributed by atoms with Gasteiger partial charge in [-0.15, -0.1) is 0 Å². The Kier molecular flexibility index (Phi) is 7.59. The fraction of sp³-hybridized carbons (Fsp3) is 0.600. The van der Waals surface area contributed by atoms with Crippen LogP contribution in [0.15, 0.2) is 24.3 Å². The summed E-state index contributed by atoms with van der Waals surface area (Å²) in [6.07, 6.45) is 5.73. The highest BCUT2D eigenvalue weighted by atomic mass is 16.5. The number of carbonyl (C=O) groups is 4. The van der Waals surface area contributed by atoms with Crippen LogP contribution in [0.25, 0.3) is 10.9 Å². The number of H-pyrrole nitrogens is 1. The van der Waals surface area contributed by atoms with Crippen molar-refractivity contribution in [3.05, 3.63) is 30.0 Å². The van der Waals surface area contributed by atoms with Crippen LogP contribution in [0, 0.1) is 23.7 Å². The lowest BCUT2D eigenvalue weighted by Gasteiger charge is -2.31. The zero-order valence-corrected chi connectivity index (χ0v) is 22.6. The molecule has 1 saturated heterocycles. The van der Waals surface area contributed by atoms with E-state index in [2.05, 4.69) is 17.2 Å². The first-order valence-corrected chi connectivity index (χ1v) is 14.1. The smallest absolute Gasteiger partial charge is 0.271 e. The highest BCUT2D eigenvalue weighted by Crippen LogP contribution is 2.43. The molecule has 1 aromatic heterocycles. The van der Waals surface area contributed by atoms with E-state index in [1.807, 2.05) is 18.2 Å². The minimum Gasteiger partial charge on any atom is -0.496 e. The molecule has 2 heterocycles. The van der Waals surface area contributed by atoms with Crippen LogP contribution in [0.5, 0.6) is 5.75 Å². The molecule has 0 radical (unpaired) electrons. The van der Waals surface area contributed by atoms with Crippen LogP contribution in [0.3, 0.4) is 0 Å². The third kappa shape index (κ3) is 4.97. The van der Waals surface area contributed by atoms with Crippen molar-refractivity contribution >= 4 is 34.3 Å². The Balaban J connectivity index is 1.38. The van der Waals surface area contributed by atoms with Gasteiger partial charge in [0.2, 0.25) is 5.91 Å². The number of nitrogens with one attached hydrogen (secondary N) is 2. The minimum atomic E-state index is -0.707. The van der Waals surface area contributed by atoms with Gasteiger partial charge in [-0.3, -0.25) is 19.2 Å². The number of aromatic amines is 1. The van der Waals surface area contributed by atoms with Gasteiger partial charge in [0.25, 0.3) is 5.91 Å². The second-order valence-electron chi connectivity index (χ2n) is 11.5. The van der Waals surface area contributed by atoms with Crippen LogP contribution in [0.4, 0.5) is 0 Å². The summed E-state index contributed by atoms with van der Waals surface area (Å²) < 4.78 is 5.45. The van der Waals surface area contributed by atoms with E-state index >= 15 is 0 Å². The van der Waals surface area contributed by atoms with Crippen molar-refractivity contribution in [2.75, 3.05) is 13.7 Å². The number of ketones is 2. The lowest BCUT2D eigenvalue weighted by atomic mass is 9.78. The molecule has 2 saturated carbocycles. The number of fused-ring (bicyclic) bond motifs is 2. The summed E-state index contributed by atoms with van der Waals surface area (Å²) in [7, 11) is 1.60. The third-order valence-electron chi connectivity index (χ3n) is 9.09. The van der Waals surface area contributed by atoms with Crippen molar-refractivity contribution in [3.8, 4) is 5.75 Å². The molecule has 8 nitrogen and oxygen atoms in total. The molecule has 2 aromatic rings. The summed E-state index contributed by atoms with van der Waals surface area (Å²) in [5, 5.41) is 3.84. The summed E-state index contributed by atoms with van der Waals surface area (Å²) >= 11 is 0. The van der Waals surface area contributed by atoms with E-state index in [4.69, 9.17) is 4.74 Å². The number of methoxy groups -OCH3 is 1. The van der Waals surface area contributed by atoms with Gasteiger partial charge in [-0.05, 0) is 68.1 Å². The first-order chi connectivity index (χ1) is 18.3. The highest BCUT2D eigenvalue weighted by Gasteiger charge is 2.50. The predicted octanol–water partition coefficient (Wildman–Crippen LogP) is 4.28. The predicted molar refractivity (Wildman–Crippen MR) is 144 cm³/mol. The van der Waals surface area contributed by atoms with E-state index in [1.54, 1.807) is 25.0 Å². The maximum absolute atomic E-state index is 13.9. The number of rotatable bonds is 8. The molecule has 2 aliphatic carbocycles. The monoisotopic (exact) mass is 521 g/mol. The molecule has 6 atom stereocenters. The fourth-order valence-corrected chi connectivity index (χ4v) is 7.04. The maximum Gasteiger partial charge on any atom is 0.271 e. The largest absolute Gasteiger partial charge is 0.496 e. The third-order valence-corrected chi connectivity index (χ3v) is 9.09. The van der Waals surface area contributed by atoms with E-state index in [9.17, 15) is 19.2 Å². The molecule has 204 valence electrons. The molecule has 3 fully saturated rings. The molecule has 5 rings (SSSR count). The molecule has 8 heteroatoms. The maximum atomic E-state index is 13.9. The molecule has 2 amide bonds. The molecule has 2 N–H and O–H groups in total. The van der Waals surface area contributed by atoms with Crippen LogP contribution >= 0.6 is 0 Å². The Morgan fingerprint density at radius 3 is 2.79 bits per heavy atom. The average Bonchev–Trinajstić information content (AvgIpc) is 3.63. The second kappa shape index (κ2) is 10.9. The van der Waals surface area contributed by atoms with Crippen LogP contribution in [0.1, 0.15) is 75.7 Å². The normalized spacial score (nSPS) is 27.8. The summed E-state index contributed by atoms with van der Waals surface area (Å²) in [4.78, 5) is 58.1. The number of Topliss-reactive ketones (excluding diaryl/α,β-unsaturated/α-hetero) is 2. The molecule has 0 spiro atoms. The van der Waals surface area contributed by atoms with E-state index in [0.29, 0.717) is 36.7 Å².